The van der Waals surface area contributed by atoms with Gasteiger partial charge in [-0.1, -0.05) is 25.4 Å². The van der Waals surface area contributed by atoms with Gasteiger partial charge in [-0.3, -0.25) is 10.1 Å². The van der Waals surface area contributed by atoms with Crippen LogP contribution >= 0.6 is 11.6 Å². The summed E-state index contributed by atoms with van der Waals surface area (Å²) in [7, 11) is 2.98. The fourth-order valence-corrected chi connectivity index (χ4v) is 1.92. The van der Waals surface area contributed by atoms with E-state index in [9.17, 15) is 9.59 Å². The molecule has 3 amide bonds. The summed E-state index contributed by atoms with van der Waals surface area (Å²) in [5.74, 6) is 0.750. The van der Waals surface area contributed by atoms with Crippen LogP contribution < -0.4 is 25.4 Å². The Bertz CT molecular complexity index is 564. The second-order valence-electron chi connectivity index (χ2n) is 5.19. The van der Waals surface area contributed by atoms with Crippen LogP contribution in [0.1, 0.15) is 13.8 Å². The molecule has 23 heavy (non-hydrogen) atoms. The summed E-state index contributed by atoms with van der Waals surface area (Å²) < 4.78 is 10.3. The van der Waals surface area contributed by atoms with Crippen molar-refractivity contribution in [2.45, 2.75) is 13.8 Å². The molecular formula is C15H22ClN3O4. The zero-order valence-electron chi connectivity index (χ0n) is 13.7. The summed E-state index contributed by atoms with van der Waals surface area (Å²) in [6.45, 7) is 4.32. The van der Waals surface area contributed by atoms with E-state index in [-0.39, 0.29) is 6.54 Å². The second kappa shape index (κ2) is 9.09. The van der Waals surface area contributed by atoms with Crippen LogP contribution in [0, 0.1) is 5.92 Å². The minimum Gasteiger partial charge on any atom is -0.495 e. The largest absolute Gasteiger partial charge is 0.495 e. The van der Waals surface area contributed by atoms with Crippen molar-refractivity contribution in [1.29, 1.82) is 0 Å². The molecule has 1 aromatic rings. The van der Waals surface area contributed by atoms with E-state index in [1.807, 2.05) is 13.8 Å². The average molecular weight is 344 g/mol. The smallest absolute Gasteiger partial charge is 0.321 e. The average Bonchev–Trinajstić information content (AvgIpc) is 2.51. The number of methoxy groups -OCH3 is 2. The Hall–Kier alpha value is -2.15. The van der Waals surface area contributed by atoms with Gasteiger partial charge < -0.3 is 20.1 Å². The fraction of sp³-hybridized carbons (Fsp3) is 0.467. The Labute approximate surface area is 140 Å². The van der Waals surface area contributed by atoms with Gasteiger partial charge in [-0.05, 0) is 5.92 Å². The van der Waals surface area contributed by atoms with E-state index in [1.54, 1.807) is 12.1 Å². The van der Waals surface area contributed by atoms with Crippen molar-refractivity contribution >= 4 is 29.2 Å². The van der Waals surface area contributed by atoms with E-state index in [1.165, 1.54) is 14.2 Å². The number of amides is 3. The van der Waals surface area contributed by atoms with Gasteiger partial charge >= 0.3 is 6.03 Å². The molecule has 7 nitrogen and oxygen atoms in total. The maximum absolute atomic E-state index is 11.8. The Kier molecular flexibility index (Phi) is 7.47. The Balaban J connectivity index is 2.60. The maximum atomic E-state index is 11.8. The number of halogens is 1. The molecule has 8 heteroatoms. The van der Waals surface area contributed by atoms with Gasteiger partial charge in [0.2, 0.25) is 5.91 Å². The lowest BCUT2D eigenvalue weighted by Gasteiger charge is -2.14. The van der Waals surface area contributed by atoms with Gasteiger partial charge in [0.25, 0.3) is 0 Å². The molecule has 0 aliphatic heterocycles. The van der Waals surface area contributed by atoms with Gasteiger partial charge in [-0.2, -0.15) is 0 Å². The van der Waals surface area contributed by atoms with Crippen molar-refractivity contribution in [2.75, 3.05) is 32.6 Å². The van der Waals surface area contributed by atoms with Gasteiger partial charge in [0.05, 0.1) is 31.5 Å². The SMILES string of the molecule is COc1cc(NCC(=O)NC(=O)NCC(C)C)c(OC)cc1Cl. The van der Waals surface area contributed by atoms with Crippen molar-refractivity contribution in [3.63, 3.8) is 0 Å². The van der Waals surface area contributed by atoms with Gasteiger partial charge in [-0.15, -0.1) is 0 Å². The predicted octanol–water partition coefficient (Wildman–Crippen LogP) is 2.25. The molecule has 0 aliphatic carbocycles. The zero-order chi connectivity index (χ0) is 17.4. The molecule has 0 fully saturated rings. The number of imide groups is 1. The van der Waals surface area contributed by atoms with Crippen LogP contribution in [0.2, 0.25) is 5.02 Å². The molecule has 0 unspecified atom stereocenters. The first kappa shape index (κ1) is 18.9. The highest BCUT2D eigenvalue weighted by atomic mass is 35.5. The van der Waals surface area contributed by atoms with E-state index >= 15 is 0 Å². The first-order chi connectivity index (χ1) is 10.9. The molecule has 0 radical (unpaired) electrons. The number of rotatable bonds is 7. The number of ether oxygens (including phenoxy) is 2. The van der Waals surface area contributed by atoms with Crippen LogP contribution in [0.3, 0.4) is 0 Å². The molecule has 0 saturated heterocycles. The van der Waals surface area contributed by atoms with Gasteiger partial charge in [-0.25, -0.2) is 4.79 Å². The molecule has 0 bridgehead atoms. The summed E-state index contributed by atoms with van der Waals surface area (Å²) in [5, 5.41) is 8.11. The molecular weight excluding hydrogens is 322 g/mol. The Morgan fingerprint density at radius 2 is 1.83 bits per heavy atom. The zero-order valence-corrected chi connectivity index (χ0v) is 14.4. The number of carbonyl (C=O) groups excluding carboxylic acids is 2. The quantitative estimate of drug-likeness (QED) is 0.706. The monoisotopic (exact) mass is 343 g/mol. The number of hydrogen-bond acceptors (Lipinski definition) is 5. The number of benzene rings is 1. The molecule has 0 spiro atoms. The molecule has 0 atom stereocenters. The molecule has 0 saturated carbocycles. The third kappa shape index (κ3) is 6.23. The number of hydrogen-bond donors (Lipinski definition) is 3. The molecule has 0 heterocycles. The van der Waals surface area contributed by atoms with E-state index < -0.39 is 11.9 Å². The first-order valence-corrected chi connectivity index (χ1v) is 7.48. The molecule has 0 aliphatic rings. The summed E-state index contributed by atoms with van der Waals surface area (Å²) >= 11 is 6.01. The highest BCUT2D eigenvalue weighted by Crippen LogP contribution is 2.35. The third-order valence-corrected chi connectivity index (χ3v) is 3.13. The van der Waals surface area contributed by atoms with E-state index in [2.05, 4.69) is 16.0 Å². The van der Waals surface area contributed by atoms with E-state index in [4.69, 9.17) is 21.1 Å². The maximum Gasteiger partial charge on any atom is 0.321 e. The normalized spacial score (nSPS) is 10.2. The summed E-state index contributed by atoms with van der Waals surface area (Å²) in [6.07, 6.45) is 0. The van der Waals surface area contributed by atoms with Crippen LogP contribution in [0.25, 0.3) is 0 Å². The Morgan fingerprint density at radius 1 is 1.17 bits per heavy atom. The number of urea groups is 1. The van der Waals surface area contributed by atoms with Crippen LogP contribution in [0.15, 0.2) is 12.1 Å². The summed E-state index contributed by atoms with van der Waals surface area (Å²) in [6, 6.07) is 2.68. The van der Waals surface area contributed by atoms with Gasteiger partial charge in [0, 0.05) is 18.7 Å². The molecule has 0 aromatic heterocycles. The van der Waals surface area contributed by atoms with Gasteiger partial charge in [0.1, 0.15) is 11.5 Å². The standard InChI is InChI=1S/C15H22ClN3O4/c1-9(2)7-18-15(21)19-14(20)8-17-11-6-12(22-3)10(16)5-13(11)23-4/h5-6,9,17H,7-8H2,1-4H3,(H2,18,19,20,21). The van der Waals surface area contributed by atoms with Crippen molar-refractivity contribution in [2.24, 2.45) is 5.92 Å². The molecule has 128 valence electrons. The first-order valence-electron chi connectivity index (χ1n) is 7.10. The highest BCUT2D eigenvalue weighted by Gasteiger charge is 2.12. The summed E-state index contributed by atoms with van der Waals surface area (Å²) in [4.78, 5) is 23.3. The number of carbonyl (C=O) groups is 2. The minimum absolute atomic E-state index is 0.101. The van der Waals surface area contributed by atoms with E-state index in [0.29, 0.717) is 34.7 Å². The summed E-state index contributed by atoms with van der Waals surface area (Å²) in [5.41, 5.74) is 0.534. The lowest BCUT2D eigenvalue weighted by atomic mass is 10.2. The lowest BCUT2D eigenvalue weighted by Crippen LogP contribution is -2.43. The van der Waals surface area contributed by atoms with Crippen LogP contribution in [0.5, 0.6) is 11.5 Å². The lowest BCUT2D eigenvalue weighted by molar-refractivity contribution is -0.118. The topological polar surface area (TPSA) is 88.7 Å². The number of nitrogens with one attached hydrogen (secondary N) is 3. The van der Waals surface area contributed by atoms with E-state index in [0.717, 1.165) is 0 Å². The van der Waals surface area contributed by atoms with Gasteiger partial charge in [0.15, 0.2) is 0 Å². The van der Waals surface area contributed by atoms with Crippen molar-refractivity contribution in [3.05, 3.63) is 17.2 Å². The van der Waals surface area contributed by atoms with Crippen molar-refractivity contribution < 1.29 is 19.1 Å². The molecule has 1 aromatic carbocycles. The predicted molar refractivity (Wildman–Crippen MR) is 89.4 cm³/mol. The van der Waals surface area contributed by atoms with Crippen LogP contribution in [0.4, 0.5) is 10.5 Å². The second-order valence-corrected chi connectivity index (χ2v) is 5.60. The Morgan fingerprint density at radius 3 is 2.39 bits per heavy atom. The minimum atomic E-state index is -0.522. The highest BCUT2D eigenvalue weighted by molar-refractivity contribution is 6.32. The van der Waals surface area contributed by atoms with Crippen LogP contribution in [-0.4, -0.2) is 39.2 Å². The van der Waals surface area contributed by atoms with Crippen molar-refractivity contribution in [1.82, 2.24) is 10.6 Å². The van der Waals surface area contributed by atoms with Crippen LogP contribution in [-0.2, 0) is 4.79 Å². The fourth-order valence-electron chi connectivity index (χ4n) is 1.69. The van der Waals surface area contributed by atoms with Crippen molar-refractivity contribution in [3.8, 4) is 11.5 Å². The number of anilines is 1. The molecule has 1 rings (SSSR count). The third-order valence-electron chi connectivity index (χ3n) is 2.84. The molecule has 3 N–H and O–H groups in total.